The fourth-order valence-electron chi connectivity index (χ4n) is 3.41. The second-order valence-corrected chi connectivity index (χ2v) is 5.43. The summed E-state index contributed by atoms with van der Waals surface area (Å²) in [6.45, 7) is 2.76. The van der Waals surface area contributed by atoms with E-state index in [1.807, 2.05) is 0 Å². The van der Waals surface area contributed by atoms with Crippen molar-refractivity contribution in [3.05, 3.63) is 0 Å². The Morgan fingerprint density at radius 2 is 1.81 bits per heavy atom. The van der Waals surface area contributed by atoms with Crippen molar-refractivity contribution < 1.29 is 24.2 Å². The SMILES string of the molecule is CCOC(=O)C1CC2CCCCC2CN1C(=O)OC.CO. The van der Waals surface area contributed by atoms with E-state index in [4.69, 9.17) is 14.6 Å². The molecule has 0 bridgehead atoms. The van der Waals surface area contributed by atoms with Crippen LogP contribution in [0.3, 0.4) is 0 Å². The Kier molecular flexibility index (Phi) is 7.50. The molecule has 1 saturated heterocycles. The fraction of sp³-hybridized carbons (Fsp3) is 0.867. The molecule has 2 aliphatic rings. The van der Waals surface area contributed by atoms with Gasteiger partial charge in [-0.15, -0.1) is 0 Å². The maximum absolute atomic E-state index is 12.0. The quantitative estimate of drug-likeness (QED) is 0.787. The van der Waals surface area contributed by atoms with Crippen LogP contribution in [0.5, 0.6) is 0 Å². The Hall–Kier alpha value is -1.30. The monoisotopic (exact) mass is 301 g/mol. The third kappa shape index (κ3) is 4.33. The van der Waals surface area contributed by atoms with E-state index in [2.05, 4.69) is 0 Å². The number of likely N-dealkylation sites (tertiary alicyclic amines) is 1. The molecule has 0 aromatic carbocycles. The summed E-state index contributed by atoms with van der Waals surface area (Å²) in [5, 5.41) is 7.00. The summed E-state index contributed by atoms with van der Waals surface area (Å²) in [6.07, 6.45) is 5.07. The van der Waals surface area contributed by atoms with Crippen molar-refractivity contribution in [3.8, 4) is 0 Å². The number of carbonyl (C=O) groups excluding carboxylic acids is 2. The van der Waals surface area contributed by atoms with E-state index in [1.165, 1.54) is 20.0 Å². The van der Waals surface area contributed by atoms with Gasteiger partial charge in [-0.05, 0) is 31.6 Å². The lowest BCUT2D eigenvalue weighted by atomic mass is 9.73. The molecule has 122 valence electrons. The van der Waals surface area contributed by atoms with Crippen molar-refractivity contribution in [2.45, 2.75) is 45.1 Å². The average molecular weight is 301 g/mol. The molecular weight excluding hydrogens is 274 g/mol. The van der Waals surface area contributed by atoms with Crippen molar-refractivity contribution in [1.82, 2.24) is 4.90 Å². The van der Waals surface area contributed by atoms with E-state index in [-0.39, 0.29) is 5.97 Å². The first-order chi connectivity index (χ1) is 10.2. The lowest BCUT2D eigenvalue weighted by molar-refractivity contribution is -0.152. The zero-order chi connectivity index (χ0) is 15.8. The number of ether oxygens (including phenoxy) is 2. The molecule has 1 saturated carbocycles. The van der Waals surface area contributed by atoms with Crippen LogP contribution in [0.4, 0.5) is 4.79 Å². The maximum Gasteiger partial charge on any atom is 0.410 e. The van der Waals surface area contributed by atoms with E-state index >= 15 is 0 Å². The lowest BCUT2D eigenvalue weighted by Gasteiger charge is -2.44. The first-order valence-corrected chi connectivity index (χ1v) is 7.63. The molecular formula is C15H27NO5. The van der Waals surface area contributed by atoms with E-state index < -0.39 is 12.1 Å². The number of aliphatic hydroxyl groups is 1. The number of piperidine rings is 1. The molecule has 1 amide bonds. The number of hydrogen-bond acceptors (Lipinski definition) is 5. The van der Waals surface area contributed by atoms with Crippen molar-refractivity contribution in [1.29, 1.82) is 0 Å². The van der Waals surface area contributed by atoms with Crippen LogP contribution in [0.25, 0.3) is 0 Å². The summed E-state index contributed by atoms with van der Waals surface area (Å²) >= 11 is 0. The second-order valence-electron chi connectivity index (χ2n) is 5.43. The van der Waals surface area contributed by atoms with Crippen molar-refractivity contribution in [3.63, 3.8) is 0 Å². The first kappa shape index (κ1) is 17.8. The molecule has 6 nitrogen and oxygen atoms in total. The van der Waals surface area contributed by atoms with Crippen LogP contribution in [0.2, 0.25) is 0 Å². The van der Waals surface area contributed by atoms with Gasteiger partial charge in [0.1, 0.15) is 6.04 Å². The van der Waals surface area contributed by atoms with Gasteiger partial charge in [0.05, 0.1) is 13.7 Å². The minimum absolute atomic E-state index is 0.295. The highest BCUT2D eigenvalue weighted by Crippen LogP contribution is 2.39. The molecule has 0 aromatic rings. The zero-order valence-electron chi connectivity index (χ0n) is 13.2. The number of carbonyl (C=O) groups is 2. The van der Waals surface area contributed by atoms with Gasteiger partial charge < -0.3 is 14.6 Å². The topological polar surface area (TPSA) is 76.1 Å². The van der Waals surface area contributed by atoms with Crippen LogP contribution in [0.15, 0.2) is 0 Å². The molecule has 21 heavy (non-hydrogen) atoms. The van der Waals surface area contributed by atoms with Crippen molar-refractivity contribution in [2.24, 2.45) is 11.8 Å². The van der Waals surface area contributed by atoms with Crippen LogP contribution in [0.1, 0.15) is 39.0 Å². The number of fused-ring (bicyclic) bond motifs is 1. The van der Waals surface area contributed by atoms with Crippen molar-refractivity contribution >= 4 is 12.1 Å². The second kappa shape index (κ2) is 8.87. The molecule has 1 heterocycles. The first-order valence-electron chi connectivity index (χ1n) is 7.63. The molecule has 1 N–H and O–H groups in total. The van der Waals surface area contributed by atoms with Gasteiger partial charge in [-0.25, -0.2) is 9.59 Å². The van der Waals surface area contributed by atoms with Crippen LogP contribution in [0, 0.1) is 11.8 Å². The Labute approximate surface area is 126 Å². The van der Waals surface area contributed by atoms with Gasteiger partial charge in [-0.3, -0.25) is 4.90 Å². The van der Waals surface area contributed by atoms with Gasteiger partial charge in [0.15, 0.2) is 0 Å². The van der Waals surface area contributed by atoms with Gasteiger partial charge >= 0.3 is 12.1 Å². The number of esters is 1. The smallest absolute Gasteiger partial charge is 0.410 e. The molecule has 0 spiro atoms. The summed E-state index contributed by atoms with van der Waals surface area (Å²) in [5.74, 6) is 0.763. The minimum atomic E-state index is -0.466. The molecule has 3 unspecified atom stereocenters. The predicted octanol–water partition coefficient (Wildman–Crippen LogP) is 1.81. The molecule has 0 aromatic heterocycles. The predicted molar refractivity (Wildman–Crippen MR) is 77.7 cm³/mol. The van der Waals surface area contributed by atoms with Gasteiger partial charge in [-0.2, -0.15) is 0 Å². The van der Waals surface area contributed by atoms with Crippen LogP contribution in [-0.4, -0.2) is 55.5 Å². The molecule has 3 atom stereocenters. The lowest BCUT2D eigenvalue weighted by Crippen LogP contribution is -2.54. The van der Waals surface area contributed by atoms with Gasteiger partial charge in [0.2, 0.25) is 0 Å². The molecule has 2 fully saturated rings. The summed E-state index contributed by atoms with van der Waals surface area (Å²) < 4.78 is 9.90. The highest BCUT2D eigenvalue weighted by Gasteiger charge is 2.42. The van der Waals surface area contributed by atoms with Crippen molar-refractivity contribution in [2.75, 3.05) is 27.4 Å². The van der Waals surface area contributed by atoms with Crippen LogP contribution >= 0.6 is 0 Å². The molecule has 1 aliphatic carbocycles. The molecule has 2 rings (SSSR count). The van der Waals surface area contributed by atoms with E-state index in [0.29, 0.717) is 25.0 Å². The summed E-state index contributed by atoms with van der Waals surface area (Å²) in [6, 6.07) is -0.466. The van der Waals surface area contributed by atoms with Crippen LogP contribution in [-0.2, 0) is 14.3 Å². The number of rotatable bonds is 2. The normalized spacial score (nSPS) is 27.8. The fourth-order valence-corrected chi connectivity index (χ4v) is 3.41. The highest BCUT2D eigenvalue weighted by atomic mass is 16.6. The van der Waals surface area contributed by atoms with Crippen LogP contribution < -0.4 is 0 Å². The maximum atomic E-state index is 12.0. The third-order valence-electron chi connectivity index (χ3n) is 4.37. The number of amides is 1. The van der Waals surface area contributed by atoms with Gasteiger partial charge in [0, 0.05) is 13.7 Å². The van der Waals surface area contributed by atoms with E-state index in [0.717, 1.165) is 26.4 Å². The number of aliphatic hydroxyl groups excluding tert-OH is 1. The number of methoxy groups -OCH3 is 1. The molecule has 0 radical (unpaired) electrons. The summed E-state index contributed by atoms with van der Waals surface area (Å²) in [7, 11) is 2.36. The number of hydrogen-bond donors (Lipinski definition) is 1. The van der Waals surface area contributed by atoms with Gasteiger partial charge in [0.25, 0.3) is 0 Å². The Morgan fingerprint density at radius 3 is 2.38 bits per heavy atom. The standard InChI is InChI=1S/C14H23NO4.CH4O/c1-3-19-13(16)12-8-10-6-4-5-7-11(10)9-15(12)14(17)18-2;1-2/h10-12H,3-9H2,1-2H3;2H,1H3. The molecule has 6 heteroatoms. The number of nitrogens with zero attached hydrogens (tertiary/aromatic N) is 1. The summed E-state index contributed by atoms with van der Waals surface area (Å²) in [4.78, 5) is 25.4. The Morgan fingerprint density at radius 1 is 1.19 bits per heavy atom. The highest BCUT2D eigenvalue weighted by molar-refractivity contribution is 5.81. The van der Waals surface area contributed by atoms with E-state index in [1.54, 1.807) is 11.8 Å². The Balaban J connectivity index is 0.00000106. The minimum Gasteiger partial charge on any atom is -0.464 e. The molecule has 1 aliphatic heterocycles. The third-order valence-corrected chi connectivity index (χ3v) is 4.37. The van der Waals surface area contributed by atoms with Gasteiger partial charge in [-0.1, -0.05) is 19.3 Å². The Bertz CT molecular complexity index is 347. The average Bonchev–Trinajstić information content (AvgIpc) is 2.55. The zero-order valence-corrected chi connectivity index (χ0v) is 13.2. The summed E-state index contributed by atoms with van der Waals surface area (Å²) in [5.41, 5.74) is 0. The van der Waals surface area contributed by atoms with E-state index in [9.17, 15) is 9.59 Å². The largest absolute Gasteiger partial charge is 0.464 e.